The first-order valence-corrected chi connectivity index (χ1v) is 6.58. The Bertz CT molecular complexity index is 797. The fraction of sp³-hybridized carbons (Fsp3) is 0.308. The Labute approximate surface area is 118 Å². The van der Waals surface area contributed by atoms with Gasteiger partial charge in [-0.2, -0.15) is 4.98 Å². The van der Waals surface area contributed by atoms with Crippen molar-refractivity contribution in [2.45, 2.75) is 19.7 Å². The fourth-order valence-corrected chi connectivity index (χ4v) is 2.32. The second-order valence-electron chi connectivity index (χ2n) is 4.72. The summed E-state index contributed by atoms with van der Waals surface area (Å²) in [6.45, 7) is 2.30. The summed E-state index contributed by atoms with van der Waals surface area (Å²) in [7, 11) is 0. The van der Waals surface area contributed by atoms with Gasteiger partial charge < -0.3 is 19.0 Å². The van der Waals surface area contributed by atoms with Crippen LogP contribution in [0.1, 0.15) is 11.6 Å². The molecule has 1 N–H and O–H groups in total. The zero-order chi connectivity index (χ0) is 14.2. The molecule has 4 rings (SSSR count). The van der Waals surface area contributed by atoms with Gasteiger partial charge >= 0.3 is 0 Å². The van der Waals surface area contributed by atoms with E-state index < -0.39 is 0 Å². The third-order valence-corrected chi connectivity index (χ3v) is 3.34. The van der Waals surface area contributed by atoms with Crippen LogP contribution >= 0.6 is 0 Å². The number of fused-ring (bicyclic) bond motifs is 2. The summed E-state index contributed by atoms with van der Waals surface area (Å²) in [6, 6.07) is 4.57. The molecule has 0 fully saturated rings. The van der Waals surface area contributed by atoms with Crippen molar-refractivity contribution in [2.24, 2.45) is 0 Å². The summed E-state index contributed by atoms with van der Waals surface area (Å²) in [5, 5.41) is 11.2. The molecule has 1 aliphatic heterocycles. The molecule has 1 aliphatic rings. The van der Waals surface area contributed by atoms with Gasteiger partial charge in [0.05, 0.1) is 13.2 Å². The van der Waals surface area contributed by atoms with Crippen LogP contribution in [-0.2, 0) is 24.4 Å². The lowest BCUT2D eigenvalue weighted by molar-refractivity contribution is 0.0807. The van der Waals surface area contributed by atoms with E-state index in [1.165, 1.54) is 12.1 Å². The molecule has 0 amide bonds. The predicted molar refractivity (Wildman–Crippen MR) is 71.0 cm³/mol. The molecule has 0 bridgehead atoms. The number of rotatable bonds is 3. The topological polar surface area (TPSA) is 78.0 Å². The summed E-state index contributed by atoms with van der Waals surface area (Å²) in [5.41, 5.74) is 1.02. The molecule has 0 unspecified atom stereocenters. The highest BCUT2D eigenvalue weighted by molar-refractivity contribution is 5.74. The van der Waals surface area contributed by atoms with Crippen LogP contribution in [0.15, 0.2) is 22.6 Å². The van der Waals surface area contributed by atoms with Gasteiger partial charge in [0.25, 0.3) is 6.01 Å². The van der Waals surface area contributed by atoms with E-state index in [0.29, 0.717) is 36.9 Å². The Hall–Kier alpha value is -2.48. The molecule has 0 saturated heterocycles. The third kappa shape index (κ3) is 2.23. The van der Waals surface area contributed by atoms with Gasteiger partial charge in [0, 0.05) is 12.6 Å². The van der Waals surface area contributed by atoms with Crippen molar-refractivity contribution >= 4 is 17.1 Å². The van der Waals surface area contributed by atoms with Crippen molar-refractivity contribution in [3.8, 4) is 0 Å². The lowest BCUT2D eigenvalue weighted by Gasteiger charge is -2.15. The zero-order valence-electron chi connectivity index (χ0n) is 11.0. The molecule has 0 spiro atoms. The molecule has 108 valence electrons. The van der Waals surface area contributed by atoms with E-state index in [1.54, 1.807) is 6.07 Å². The molecular weight excluding hydrogens is 277 g/mol. The highest BCUT2D eigenvalue weighted by atomic mass is 19.1. The number of hydrogen-bond acceptors (Lipinski definition) is 6. The molecule has 3 aromatic rings. The van der Waals surface area contributed by atoms with Crippen LogP contribution in [0.5, 0.6) is 0 Å². The minimum Gasteiger partial charge on any atom is -0.423 e. The molecule has 1 aromatic carbocycles. The first-order chi connectivity index (χ1) is 10.3. The van der Waals surface area contributed by atoms with Crippen molar-refractivity contribution in [3.05, 3.63) is 35.7 Å². The molecule has 7 nitrogen and oxygen atoms in total. The number of ether oxygens (including phenoxy) is 1. The number of nitrogens with zero attached hydrogens (tertiary/aromatic N) is 4. The molecule has 21 heavy (non-hydrogen) atoms. The maximum atomic E-state index is 13.1. The normalized spacial score (nSPS) is 14.3. The minimum absolute atomic E-state index is 0.333. The first kappa shape index (κ1) is 12.3. The van der Waals surface area contributed by atoms with E-state index in [2.05, 4.69) is 20.5 Å². The Morgan fingerprint density at radius 3 is 3.24 bits per heavy atom. The molecular formula is C13H12FN5O2. The molecule has 8 heteroatoms. The summed E-state index contributed by atoms with van der Waals surface area (Å²) in [5.74, 6) is 1.26. The fourth-order valence-electron chi connectivity index (χ4n) is 2.32. The molecule has 0 aliphatic carbocycles. The van der Waals surface area contributed by atoms with Crippen LogP contribution in [0.3, 0.4) is 0 Å². The van der Waals surface area contributed by atoms with Gasteiger partial charge in [0.2, 0.25) is 0 Å². The largest absolute Gasteiger partial charge is 0.423 e. The van der Waals surface area contributed by atoms with Crippen molar-refractivity contribution in [3.63, 3.8) is 0 Å². The van der Waals surface area contributed by atoms with Crippen molar-refractivity contribution < 1.29 is 13.5 Å². The van der Waals surface area contributed by atoms with Crippen LogP contribution in [0, 0.1) is 5.82 Å². The maximum absolute atomic E-state index is 13.1. The van der Waals surface area contributed by atoms with Gasteiger partial charge in [-0.3, -0.25) is 0 Å². The van der Waals surface area contributed by atoms with Gasteiger partial charge in [-0.25, -0.2) is 4.39 Å². The Balaban J connectivity index is 1.54. The monoisotopic (exact) mass is 289 g/mol. The lowest BCUT2D eigenvalue weighted by atomic mass is 10.3. The summed E-state index contributed by atoms with van der Waals surface area (Å²) in [6.07, 6.45) is 0. The van der Waals surface area contributed by atoms with E-state index in [1.807, 2.05) is 4.57 Å². The van der Waals surface area contributed by atoms with Crippen molar-refractivity contribution in [2.75, 3.05) is 11.9 Å². The SMILES string of the molecule is Fc1ccc2nc(NCc3nnc4n3CCOC4)oc2c1. The maximum Gasteiger partial charge on any atom is 0.296 e. The highest BCUT2D eigenvalue weighted by Gasteiger charge is 2.16. The Kier molecular flexibility index (Phi) is 2.81. The van der Waals surface area contributed by atoms with Crippen LogP contribution in [0.25, 0.3) is 11.1 Å². The number of oxazole rings is 1. The zero-order valence-corrected chi connectivity index (χ0v) is 11.0. The smallest absolute Gasteiger partial charge is 0.296 e. The second kappa shape index (κ2) is 4.81. The van der Waals surface area contributed by atoms with E-state index in [-0.39, 0.29) is 5.82 Å². The van der Waals surface area contributed by atoms with E-state index in [0.717, 1.165) is 18.2 Å². The van der Waals surface area contributed by atoms with E-state index in [4.69, 9.17) is 9.15 Å². The number of hydrogen-bond donors (Lipinski definition) is 1. The molecule has 0 atom stereocenters. The lowest BCUT2D eigenvalue weighted by Crippen LogP contribution is -2.19. The molecule has 3 heterocycles. The van der Waals surface area contributed by atoms with Crippen molar-refractivity contribution in [1.29, 1.82) is 0 Å². The van der Waals surface area contributed by atoms with Crippen LogP contribution in [0.4, 0.5) is 10.4 Å². The number of halogens is 1. The van der Waals surface area contributed by atoms with Crippen LogP contribution in [0.2, 0.25) is 0 Å². The number of aromatic nitrogens is 4. The van der Waals surface area contributed by atoms with Crippen LogP contribution < -0.4 is 5.32 Å². The number of benzene rings is 1. The highest BCUT2D eigenvalue weighted by Crippen LogP contribution is 2.20. The van der Waals surface area contributed by atoms with Gasteiger partial charge in [-0.1, -0.05) is 0 Å². The minimum atomic E-state index is -0.350. The average molecular weight is 289 g/mol. The van der Waals surface area contributed by atoms with Gasteiger partial charge in [-0.05, 0) is 12.1 Å². The summed E-state index contributed by atoms with van der Waals surface area (Å²) >= 11 is 0. The second-order valence-corrected chi connectivity index (χ2v) is 4.72. The standard InChI is InChI=1S/C13H12FN5O2/c14-8-1-2-9-10(5-8)21-13(16-9)15-6-11-17-18-12-7-20-4-3-19(11)12/h1-2,5H,3-4,6-7H2,(H,15,16). The van der Waals surface area contributed by atoms with Crippen LogP contribution in [-0.4, -0.2) is 26.4 Å². The van der Waals surface area contributed by atoms with Gasteiger partial charge in [0.15, 0.2) is 17.2 Å². The summed E-state index contributed by atoms with van der Waals surface area (Å²) < 4.78 is 25.9. The Morgan fingerprint density at radius 2 is 2.29 bits per heavy atom. The predicted octanol–water partition coefficient (Wildman–Crippen LogP) is 1.70. The third-order valence-electron chi connectivity index (χ3n) is 3.34. The summed E-state index contributed by atoms with van der Waals surface area (Å²) in [4.78, 5) is 4.24. The van der Waals surface area contributed by atoms with Crippen molar-refractivity contribution in [1.82, 2.24) is 19.7 Å². The van der Waals surface area contributed by atoms with E-state index >= 15 is 0 Å². The number of nitrogens with one attached hydrogen (secondary N) is 1. The Morgan fingerprint density at radius 1 is 1.33 bits per heavy atom. The first-order valence-electron chi connectivity index (χ1n) is 6.58. The van der Waals surface area contributed by atoms with Gasteiger partial charge in [0.1, 0.15) is 17.9 Å². The quantitative estimate of drug-likeness (QED) is 0.790. The number of anilines is 1. The van der Waals surface area contributed by atoms with E-state index in [9.17, 15) is 4.39 Å². The average Bonchev–Trinajstić information content (AvgIpc) is 3.08. The molecule has 2 aromatic heterocycles. The van der Waals surface area contributed by atoms with Gasteiger partial charge in [-0.15, -0.1) is 10.2 Å². The molecule has 0 radical (unpaired) electrons. The molecule has 0 saturated carbocycles.